The summed E-state index contributed by atoms with van der Waals surface area (Å²) in [6.45, 7) is 0.501. The number of benzene rings is 1. The third-order valence-corrected chi connectivity index (χ3v) is 5.64. The molecule has 1 saturated heterocycles. The number of hydrogen-bond acceptors (Lipinski definition) is 9. The summed E-state index contributed by atoms with van der Waals surface area (Å²) in [6, 6.07) is 15.2. The van der Waals surface area contributed by atoms with Gasteiger partial charge >= 0.3 is 0 Å². The molecule has 1 aromatic carbocycles. The maximum absolute atomic E-state index is 12.1. The van der Waals surface area contributed by atoms with Crippen LogP contribution in [0.3, 0.4) is 0 Å². The van der Waals surface area contributed by atoms with E-state index in [0.717, 1.165) is 5.56 Å². The van der Waals surface area contributed by atoms with Crippen molar-refractivity contribution in [2.45, 2.75) is 31.1 Å². The van der Waals surface area contributed by atoms with E-state index >= 15 is 0 Å². The Morgan fingerprint density at radius 3 is 2.59 bits per heavy atom. The van der Waals surface area contributed by atoms with Crippen molar-refractivity contribution in [3.8, 4) is 11.5 Å². The van der Waals surface area contributed by atoms with Crippen LogP contribution in [0, 0.1) is 0 Å². The summed E-state index contributed by atoms with van der Waals surface area (Å²) in [6.07, 6.45) is -1.98. The van der Waals surface area contributed by atoms with Crippen LogP contribution in [0.1, 0.15) is 11.8 Å². The highest BCUT2D eigenvalue weighted by molar-refractivity contribution is 5.85. The molecule has 174 valence electrons. The molecule has 0 aliphatic carbocycles. The Hall–Kier alpha value is -3.93. The van der Waals surface area contributed by atoms with Gasteiger partial charge in [-0.3, -0.25) is 14.3 Å². The van der Waals surface area contributed by atoms with Gasteiger partial charge in [0.05, 0.1) is 6.33 Å². The standard InChI is InChI=1S/C23H23N7O4/c1-24-22(33)18-16(31)17(32)23(34-18)30-12-27-15-20(26-11-13-7-3-2-4-8-13)28-19(29-21(15)30)14-9-5-6-10-25-14/h2-10,12,16-18,23,31-32H,11H2,1H3,(H,24,33)(H,26,28,29)/t16-,17+,18-,23+/m0/s1. The number of aromatic nitrogens is 5. The minimum Gasteiger partial charge on any atom is -0.387 e. The number of anilines is 1. The van der Waals surface area contributed by atoms with Crippen molar-refractivity contribution in [1.29, 1.82) is 0 Å². The fourth-order valence-corrected chi connectivity index (χ4v) is 3.87. The molecule has 1 fully saturated rings. The van der Waals surface area contributed by atoms with Gasteiger partial charge in [-0.15, -0.1) is 0 Å². The second-order valence-electron chi connectivity index (χ2n) is 7.82. The first-order valence-corrected chi connectivity index (χ1v) is 10.7. The maximum atomic E-state index is 12.1. The fraction of sp³-hybridized carbons (Fsp3) is 0.261. The van der Waals surface area contributed by atoms with E-state index in [0.29, 0.717) is 35.0 Å². The highest BCUT2D eigenvalue weighted by atomic mass is 16.6. The quantitative estimate of drug-likeness (QED) is 0.328. The Labute approximate surface area is 194 Å². The molecule has 0 spiro atoms. The lowest BCUT2D eigenvalue weighted by atomic mass is 10.1. The van der Waals surface area contributed by atoms with Gasteiger partial charge in [0.25, 0.3) is 5.91 Å². The van der Waals surface area contributed by atoms with Crippen LogP contribution in [0.25, 0.3) is 22.7 Å². The van der Waals surface area contributed by atoms with E-state index in [2.05, 4.69) is 30.6 Å². The highest BCUT2D eigenvalue weighted by Gasteiger charge is 2.47. The largest absolute Gasteiger partial charge is 0.387 e. The topological polar surface area (TPSA) is 147 Å². The third kappa shape index (κ3) is 3.96. The van der Waals surface area contributed by atoms with Crippen molar-refractivity contribution in [2.75, 3.05) is 12.4 Å². The van der Waals surface area contributed by atoms with Crippen molar-refractivity contribution in [2.24, 2.45) is 0 Å². The van der Waals surface area contributed by atoms with Crippen molar-refractivity contribution in [3.05, 3.63) is 66.6 Å². The van der Waals surface area contributed by atoms with Crippen molar-refractivity contribution < 1.29 is 19.7 Å². The van der Waals surface area contributed by atoms with E-state index < -0.39 is 30.4 Å². The second-order valence-corrected chi connectivity index (χ2v) is 7.82. The lowest BCUT2D eigenvalue weighted by molar-refractivity contribution is -0.137. The number of aliphatic hydroxyl groups excluding tert-OH is 2. The summed E-state index contributed by atoms with van der Waals surface area (Å²) >= 11 is 0. The summed E-state index contributed by atoms with van der Waals surface area (Å²) in [5.74, 6) is 0.290. The number of carbonyl (C=O) groups excluding carboxylic acids is 1. The van der Waals surface area contributed by atoms with Gasteiger partial charge in [0.2, 0.25) is 0 Å². The van der Waals surface area contributed by atoms with Crippen LogP contribution < -0.4 is 10.6 Å². The molecule has 11 nitrogen and oxygen atoms in total. The van der Waals surface area contributed by atoms with Gasteiger partial charge in [0.15, 0.2) is 35.1 Å². The number of nitrogens with one attached hydrogen (secondary N) is 2. The van der Waals surface area contributed by atoms with Crippen molar-refractivity contribution in [3.63, 3.8) is 0 Å². The average molecular weight is 461 g/mol. The molecule has 34 heavy (non-hydrogen) atoms. The molecule has 0 saturated carbocycles. The zero-order chi connectivity index (χ0) is 23.7. The van der Waals surface area contributed by atoms with E-state index in [1.165, 1.54) is 17.9 Å². The lowest BCUT2D eigenvalue weighted by Crippen LogP contribution is -2.41. The van der Waals surface area contributed by atoms with Crippen LogP contribution in [0.5, 0.6) is 0 Å². The zero-order valence-electron chi connectivity index (χ0n) is 18.2. The summed E-state index contributed by atoms with van der Waals surface area (Å²) in [7, 11) is 1.43. The molecule has 4 heterocycles. The van der Waals surface area contributed by atoms with Crippen LogP contribution >= 0.6 is 0 Å². The van der Waals surface area contributed by atoms with Gasteiger partial charge in [-0.1, -0.05) is 36.4 Å². The molecule has 0 unspecified atom stereocenters. The molecule has 1 amide bonds. The number of aliphatic hydroxyl groups is 2. The van der Waals surface area contributed by atoms with Crippen LogP contribution in [0.4, 0.5) is 5.82 Å². The molecule has 1 aliphatic rings. The Bertz CT molecular complexity index is 1300. The van der Waals surface area contributed by atoms with E-state index in [9.17, 15) is 15.0 Å². The molecule has 4 atom stereocenters. The van der Waals surface area contributed by atoms with Gasteiger partial charge < -0.3 is 25.6 Å². The molecule has 5 rings (SSSR count). The minimum absolute atomic E-state index is 0.348. The van der Waals surface area contributed by atoms with Gasteiger partial charge in [-0.2, -0.15) is 0 Å². The molecule has 4 N–H and O–H groups in total. The number of likely N-dealkylation sites (N-methyl/N-ethyl adjacent to an activating group) is 1. The highest BCUT2D eigenvalue weighted by Crippen LogP contribution is 2.33. The number of ether oxygens (including phenoxy) is 1. The van der Waals surface area contributed by atoms with Crippen LogP contribution in [-0.2, 0) is 16.1 Å². The minimum atomic E-state index is -1.41. The predicted octanol–water partition coefficient (Wildman–Crippen LogP) is 0.866. The Kier molecular flexibility index (Phi) is 5.88. The number of imidazole rings is 1. The number of hydrogen-bond donors (Lipinski definition) is 4. The van der Waals surface area contributed by atoms with E-state index in [-0.39, 0.29) is 0 Å². The monoisotopic (exact) mass is 461 g/mol. The van der Waals surface area contributed by atoms with Crippen molar-refractivity contribution in [1.82, 2.24) is 29.8 Å². The van der Waals surface area contributed by atoms with E-state index in [4.69, 9.17) is 4.74 Å². The Balaban J connectivity index is 1.57. The van der Waals surface area contributed by atoms with Gasteiger partial charge in [-0.05, 0) is 17.7 Å². The Morgan fingerprint density at radius 2 is 1.85 bits per heavy atom. The summed E-state index contributed by atoms with van der Waals surface area (Å²) in [5.41, 5.74) is 2.42. The van der Waals surface area contributed by atoms with Crippen molar-refractivity contribution >= 4 is 22.9 Å². The SMILES string of the molecule is CNC(=O)[C@H]1O[C@@H](n2cnc3c(NCc4ccccc4)nc(-c4ccccn4)nc32)[C@H](O)[C@@H]1O. The average Bonchev–Trinajstić information content (AvgIpc) is 3.44. The predicted molar refractivity (Wildman–Crippen MR) is 122 cm³/mol. The lowest BCUT2D eigenvalue weighted by Gasteiger charge is -2.17. The summed E-state index contributed by atoms with van der Waals surface area (Å²) in [5, 5.41) is 26.7. The molecule has 0 bridgehead atoms. The summed E-state index contributed by atoms with van der Waals surface area (Å²) < 4.78 is 7.21. The molecule has 0 radical (unpaired) electrons. The van der Waals surface area contributed by atoms with Crippen LogP contribution in [0.2, 0.25) is 0 Å². The normalized spacial score (nSPS) is 22.1. The number of amides is 1. The summed E-state index contributed by atoms with van der Waals surface area (Å²) in [4.78, 5) is 30.1. The van der Waals surface area contributed by atoms with Gasteiger partial charge in [0.1, 0.15) is 17.9 Å². The number of nitrogens with zero attached hydrogens (tertiary/aromatic N) is 5. The molecule has 1 aliphatic heterocycles. The number of pyridine rings is 1. The zero-order valence-corrected chi connectivity index (χ0v) is 18.2. The van der Waals surface area contributed by atoms with Crippen LogP contribution in [-0.4, -0.2) is 66.0 Å². The number of rotatable bonds is 6. The Morgan fingerprint density at radius 1 is 1.06 bits per heavy atom. The first-order valence-electron chi connectivity index (χ1n) is 10.7. The molecule has 3 aromatic heterocycles. The maximum Gasteiger partial charge on any atom is 0.251 e. The first-order chi connectivity index (χ1) is 16.6. The molecule has 11 heteroatoms. The third-order valence-electron chi connectivity index (χ3n) is 5.64. The van der Waals surface area contributed by atoms with Gasteiger partial charge in [0, 0.05) is 19.8 Å². The van der Waals surface area contributed by atoms with Gasteiger partial charge in [-0.25, -0.2) is 15.0 Å². The van der Waals surface area contributed by atoms with E-state index in [1.54, 1.807) is 18.3 Å². The van der Waals surface area contributed by atoms with E-state index in [1.807, 2.05) is 36.4 Å². The molecule has 4 aromatic rings. The first kappa shape index (κ1) is 21.9. The number of fused-ring (bicyclic) bond motifs is 1. The molecular formula is C23H23N7O4. The van der Waals surface area contributed by atoms with Crippen LogP contribution in [0.15, 0.2) is 61.1 Å². The second kappa shape index (κ2) is 9.14. The smallest absolute Gasteiger partial charge is 0.251 e. The fourth-order valence-electron chi connectivity index (χ4n) is 3.87. The number of carbonyl (C=O) groups is 1. The molecular weight excluding hydrogens is 438 g/mol.